The zero-order chi connectivity index (χ0) is 21.3. The largest absolute Gasteiger partial charge is 0.482 e. The molecule has 0 saturated heterocycles. The molecule has 6 heteroatoms. The average Bonchev–Trinajstić information content (AvgIpc) is 3.11. The molecule has 0 radical (unpaired) electrons. The summed E-state index contributed by atoms with van der Waals surface area (Å²) >= 11 is 0. The molecule has 1 aromatic heterocycles. The molecule has 0 spiro atoms. The molecule has 5 nitrogen and oxygen atoms in total. The van der Waals surface area contributed by atoms with Gasteiger partial charge < -0.3 is 14.3 Å². The van der Waals surface area contributed by atoms with E-state index in [0.29, 0.717) is 31.0 Å². The molecule has 1 aliphatic heterocycles. The zero-order valence-electron chi connectivity index (χ0n) is 17.0. The van der Waals surface area contributed by atoms with Crippen molar-refractivity contribution in [1.82, 2.24) is 4.90 Å². The first-order chi connectivity index (χ1) is 14.3. The maximum Gasteiger partial charge on any atom is 0.227 e. The molecule has 1 aliphatic rings. The molecular formula is C24H24FNO4. The summed E-state index contributed by atoms with van der Waals surface area (Å²) < 4.78 is 25.1. The molecular weight excluding hydrogens is 385 g/mol. The summed E-state index contributed by atoms with van der Waals surface area (Å²) in [5, 5.41) is 10.0. The van der Waals surface area contributed by atoms with Crippen molar-refractivity contribution >= 4 is 0 Å². The smallest absolute Gasteiger partial charge is 0.227 e. The van der Waals surface area contributed by atoms with Gasteiger partial charge in [0, 0.05) is 24.7 Å². The van der Waals surface area contributed by atoms with Crippen molar-refractivity contribution in [2.24, 2.45) is 0 Å². The molecule has 2 aromatic carbocycles. The molecule has 156 valence electrons. The van der Waals surface area contributed by atoms with Gasteiger partial charge in [-0.2, -0.15) is 0 Å². The molecule has 0 fully saturated rings. The normalized spacial score (nSPS) is 14.0. The first-order valence-corrected chi connectivity index (χ1v) is 9.84. The molecule has 0 atom stereocenters. The third-order valence-corrected chi connectivity index (χ3v) is 5.28. The van der Waals surface area contributed by atoms with Gasteiger partial charge in [0.05, 0.1) is 12.1 Å². The molecule has 0 bridgehead atoms. The van der Waals surface area contributed by atoms with Crippen LogP contribution in [0.2, 0.25) is 0 Å². The Hall–Kier alpha value is -2.96. The standard InChI is InChI=1S/C24H24FNO4/c1-24(2,28)18-8-6-16(7-9-18)14-30-23-15-29-19(10-22(23)27)12-26-11-17-4-3-5-21(25)20(17)13-26/h3-10,15,28H,11-14H2,1-2H3. The van der Waals surface area contributed by atoms with Crippen LogP contribution < -0.4 is 10.2 Å². The van der Waals surface area contributed by atoms with Crippen molar-refractivity contribution in [1.29, 1.82) is 0 Å². The van der Waals surface area contributed by atoms with E-state index >= 15 is 0 Å². The van der Waals surface area contributed by atoms with Crippen LogP contribution in [-0.2, 0) is 31.8 Å². The van der Waals surface area contributed by atoms with Gasteiger partial charge in [0.25, 0.3) is 0 Å². The second-order valence-electron chi connectivity index (χ2n) is 8.14. The molecule has 4 rings (SSSR count). The zero-order valence-corrected chi connectivity index (χ0v) is 17.0. The topological polar surface area (TPSA) is 62.9 Å². The second-order valence-corrected chi connectivity index (χ2v) is 8.14. The van der Waals surface area contributed by atoms with Crippen molar-refractivity contribution in [2.45, 2.75) is 45.7 Å². The molecule has 1 N–H and O–H groups in total. The highest BCUT2D eigenvalue weighted by molar-refractivity contribution is 5.32. The number of nitrogens with zero attached hydrogens (tertiary/aromatic N) is 1. The maximum absolute atomic E-state index is 13.9. The monoisotopic (exact) mass is 409 g/mol. The Morgan fingerprint density at radius 2 is 1.93 bits per heavy atom. The molecule has 2 heterocycles. The van der Waals surface area contributed by atoms with E-state index in [1.54, 1.807) is 19.9 Å². The summed E-state index contributed by atoms with van der Waals surface area (Å²) in [5.74, 6) is 0.451. The lowest BCUT2D eigenvalue weighted by Gasteiger charge is -2.18. The van der Waals surface area contributed by atoms with E-state index in [1.165, 1.54) is 18.4 Å². The fraction of sp³-hybridized carbons (Fsp3) is 0.292. The maximum atomic E-state index is 13.9. The van der Waals surface area contributed by atoms with Crippen LogP contribution in [0.3, 0.4) is 0 Å². The minimum absolute atomic E-state index is 0.140. The van der Waals surface area contributed by atoms with Gasteiger partial charge in [-0.05, 0) is 36.6 Å². The van der Waals surface area contributed by atoms with Gasteiger partial charge in [-0.15, -0.1) is 0 Å². The minimum atomic E-state index is -0.904. The van der Waals surface area contributed by atoms with Gasteiger partial charge in [0.15, 0.2) is 0 Å². The molecule has 0 amide bonds. The highest BCUT2D eigenvalue weighted by Gasteiger charge is 2.22. The summed E-state index contributed by atoms with van der Waals surface area (Å²) in [4.78, 5) is 14.4. The number of hydrogen-bond donors (Lipinski definition) is 1. The van der Waals surface area contributed by atoms with E-state index in [2.05, 4.69) is 0 Å². The van der Waals surface area contributed by atoms with Crippen LogP contribution >= 0.6 is 0 Å². The Labute approximate surface area is 174 Å². The van der Waals surface area contributed by atoms with E-state index < -0.39 is 5.60 Å². The number of hydrogen-bond acceptors (Lipinski definition) is 5. The van der Waals surface area contributed by atoms with Crippen LogP contribution in [0.4, 0.5) is 4.39 Å². The highest BCUT2D eigenvalue weighted by Crippen LogP contribution is 2.26. The predicted octanol–water partition coefficient (Wildman–Crippen LogP) is 4.10. The lowest BCUT2D eigenvalue weighted by Crippen LogP contribution is -2.17. The lowest BCUT2D eigenvalue weighted by molar-refractivity contribution is 0.0785. The van der Waals surface area contributed by atoms with E-state index in [1.807, 2.05) is 35.2 Å². The van der Waals surface area contributed by atoms with E-state index in [0.717, 1.165) is 16.7 Å². The summed E-state index contributed by atoms with van der Waals surface area (Å²) in [7, 11) is 0. The number of fused-ring (bicyclic) bond motifs is 1. The molecule has 0 aliphatic carbocycles. The quantitative estimate of drug-likeness (QED) is 0.664. The Morgan fingerprint density at radius 3 is 2.60 bits per heavy atom. The fourth-order valence-electron chi connectivity index (χ4n) is 3.58. The van der Waals surface area contributed by atoms with Crippen molar-refractivity contribution in [3.63, 3.8) is 0 Å². The molecule has 3 aromatic rings. The van der Waals surface area contributed by atoms with Gasteiger partial charge in [0.1, 0.15) is 24.4 Å². The first kappa shape index (κ1) is 20.3. The van der Waals surface area contributed by atoms with Crippen LogP contribution in [-0.4, -0.2) is 10.0 Å². The third kappa shape index (κ3) is 4.45. The Morgan fingerprint density at radius 1 is 1.17 bits per heavy atom. The van der Waals surface area contributed by atoms with Gasteiger partial charge in [0.2, 0.25) is 11.2 Å². The van der Waals surface area contributed by atoms with E-state index in [4.69, 9.17) is 9.15 Å². The summed E-state index contributed by atoms with van der Waals surface area (Å²) in [5.41, 5.74) is 2.19. The third-order valence-electron chi connectivity index (χ3n) is 5.28. The van der Waals surface area contributed by atoms with Gasteiger partial charge in [-0.3, -0.25) is 9.69 Å². The average molecular weight is 409 g/mol. The van der Waals surface area contributed by atoms with Crippen LogP contribution in [0.5, 0.6) is 5.75 Å². The van der Waals surface area contributed by atoms with E-state index in [-0.39, 0.29) is 23.6 Å². The summed E-state index contributed by atoms with van der Waals surface area (Å²) in [6, 6.07) is 13.9. The van der Waals surface area contributed by atoms with Crippen molar-refractivity contribution in [2.75, 3.05) is 0 Å². The van der Waals surface area contributed by atoms with Crippen LogP contribution in [0, 0.1) is 5.82 Å². The Kier molecular flexibility index (Phi) is 5.45. The molecule has 30 heavy (non-hydrogen) atoms. The summed E-state index contributed by atoms with van der Waals surface area (Å²) in [6.07, 6.45) is 1.33. The number of halogens is 1. The number of rotatable bonds is 6. The summed E-state index contributed by atoms with van der Waals surface area (Å²) in [6.45, 7) is 5.20. The van der Waals surface area contributed by atoms with Crippen molar-refractivity contribution in [3.8, 4) is 5.75 Å². The lowest BCUT2D eigenvalue weighted by atomic mass is 9.97. The van der Waals surface area contributed by atoms with Gasteiger partial charge in [-0.1, -0.05) is 36.4 Å². The number of ether oxygens (including phenoxy) is 1. The first-order valence-electron chi connectivity index (χ1n) is 9.84. The van der Waals surface area contributed by atoms with Crippen molar-refractivity contribution < 1.29 is 18.7 Å². The van der Waals surface area contributed by atoms with E-state index in [9.17, 15) is 14.3 Å². The number of aliphatic hydroxyl groups is 1. The van der Waals surface area contributed by atoms with Crippen LogP contribution in [0.25, 0.3) is 0 Å². The number of benzene rings is 2. The van der Waals surface area contributed by atoms with Crippen molar-refractivity contribution in [3.05, 3.63) is 98.8 Å². The fourth-order valence-corrected chi connectivity index (χ4v) is 3.58. The Bertz CT molecular complexity index is 1100. The Balaban J connectivity index is 1.37. The predicted molar refractivity (Wildman–Crippen MR) is 110 cm³/mol. The minimum Gasteiger partial charge on any atom is -0.482 e. The molecule has 0 unspecified atom stereocenters. The van der Waals surface area contributed by atoms with Gasteiger partial charge in [-0.25, -0.2) is 4.39 Å². The van der Waals surface area contributed by atoms with Crippen LogP contribution in [0.1, 0.15) is 41.9 Å². The second kappa shape index (κ2) is 8.05. The SMILES string of the molecule is CC(C)(O)c1ccc(COc2coc(CN3Cc4cccc(F)c4C3)cc2=O)cc1. The highest BCUT2D eigenvalue weighted by atomic mass is 19.1. The molecule has 0 saturated carbocycles. The van der Waals surface area contributed by atoms with Crippen LogP contribution in [0.15, 0.2) is 64.0 Å². The van der Waals surface area contributed by atoms with Gasteiger partial charge >= 0.3 is 0 Å².